The third-order valence-corrected chi connectivity index (χ3v) is 4.26. The fourth-order valence-corrected chi connectivity index (χ4v) is 2.71. The lowest BCUT2D eigenvalue weighted by atomic mass is 10.2. The third kappa shape index (κ3) is 5.85. The molecule has 0 saturated carbocycles. The summed E-state index contributed by atoms with van der Waals surface area (Å²) in [5, 5.41) is 5.62. The maximum absolute atomic E-state index is 12.4. The van der Waals surface area contributed by atoms with E-state index in [9.17, 15) is 9.59 Å². The Bertz CT molecular complexity index is 970. The second-order valence-electron chi connectivity index (χ2n) is 6.55. The average Bonchev–Trinajstić information content (AvgIpc) is 2.76. The first kappa shape index (κ1) is 20.9. The third-order valence-electron chi connectivity index (χ3n) is 4.26. The number of nitrogens with one attached hydrogen (secondary N) is 2. The van der Waals surface area contributed by atoms with Gasteiger partial charge in [-0.1, -0.05) is 18.2 Å². The molecule has 6 nitrogen and oxygen atoms in total. The minimum Gasteiger partial charge on any atom is -0.494 e. The summed E-state index contributed by atoms with van der Waals surface area (Å²) in [7, 11) is 0. The molecule has 3 rings (SSSR count). The van der Waals surface area contributed by atoms with E-state index in [2.05, 4.69) is 10.6 Å². The normalized spacial score (nSPS) is 11.3. The lowest BCUT2D eigenvalue weighted by Gasteiger charge is -2.15. The molecule has 1 unspecified atom stereocenters. The van der Waals surface area contributed by atoms with Gasteiger partial charge in [-0.3, -0.25) is 9.59 Å². The Morgan fingerprint density at radius 3 is 2.03 bits per heavy atom. The van der Waals surface area contributed by atoms with Crippen LogP contribution in [0.25, 0.3) is 0 Å². The van der Waals surface area contributed by atoms with E-state index in [1.165, 1.54) is 0 Å². The first-order chi connectivity index (χ1) is 14.5. The predicted octanol–water partition coefficient (Wildman–Crippen LogP) is 4.74. The maximum atomic E-state index is 12.4. The van der Waals surface area contributed by atoms with Crippen molar-refractivity contribution in [2.45, 2.75) is 20.0 Å². The largest absolute Gasteiger partial charge is 0.494 e. The summed E-state index contributed by atoms with van der Waals surface area (Å²) in [6.07, 6.45) is -0.657. The van der Waals surface area contributed by atoms with E-state index in [4.69, 9.17) is 9.47 Å². The summed E-state index contributed by atoms with van der Waals surface area (Å²) in [5.74, 6) is 0.866. The highest BCUT2D eigenvalue weighted by Crippen LogP contribution is 2.18. The Balaban J connectivity index is 1.54. The van der Waals surface area contributed by atoms with Gasteiger partial charge in [0.05, 0.1) is 6.61 Å². The number of anilines is 2. The molecule has 1 atom stereocenters. The predicted molar refractivity (Wildman–Crippen MR) is 117 cm³/mol. The molecule has 0 spiro atoms. The van der Waals surface area contributed by atoms with E-state index in [1.54, 1.807) is 67.6 Å². The van der Waals surface area contributed by atoms with E-state index in [1.807, 2.05) is 25.1 Å². The van der Waals surface area contributed by atoms with E-state index in [0.29, 0.717) is 29.3 Å². The molecule has 0 aromatic heterocycles. The lowest BCUT2D eigenvalue weighted by molar-refractivity contribution is -0.122. The van der Waals surface area contributed by atoms with E-state index in [0.717, 1.165) is 5.75 Å². The second kappa shape index (κ2) is 10.1. The van der Waals surface area contributed by atoms with Gasteiger partial charge in [0.15, 0.2) is 6.10 Å². The van der Waals surface area contributed by atoms with Gasteiger partial charge < -0.3 is 20.1 Å². The van der Waals surface area contributed by atoms with Gasteiger partial charge in [0.2, 0.25) is 0 Å². The zero-order chi connectivity index (χ0) is 21.3. The topological polar surface area (TPSA) is 76.7 Å². The SMILES string of the molecule is CCOc1ccc(NC(=O)c2ccc(NC(=O)C(C)Oc3ccccc3)cc2)cc1. The highest BCUT2D eigenvalue weighted by Gasteiger charge is 2.15. The van der Waals surface area contributed by atoms with E-state index < -0.39 is 6.10 Å². The monoisotopic (exact) mass is 404 g/mol. The van der Waals surface area contributed by atoms with Crippen LogP contribution in [0.4, 0.5) is 11.4 Å². The van der Waals surface area contributed by atoms with Gasteiger partial charge in [-0.05, 0) is 74.5 Å². The van der Waals surface area contributed by atoms with Crippen molar-refractivity contribution in [3.63, 3.8) is 0 Å². The first-order valence-electron chi connectivity index (χ1n) is 9.72. The van der Waals surface area contributed by atoms with Crippen LogP contribution in [0.15, 0.2) is 78.9 Å². The van der Waals surface area contributed by atoms with Crippen molar-refractivity contribution in [2.75, 3.05) is 17.2 Å². The molecule has 0 fully saturated rings. The molecule has 0 saturated heterocycles. The summed E-state index contributed by atoms with van der Waals surface area (Å²) in [6, 6.07) is 23.0. The first-order valence-corrected chi connectivity index (χ1v) is 9.72. The molecule has 0 heterocycles. The van der Waals surface area contributed by atoms with Crippen molar-refractivity contribution < 1.29 is 19.1 Å². The minimum absolute atomic E-state index is 0.238. The smallest absolute Gasteiger partial charge is 0.265 e. The number of carbonyl (C=O) groups excluding carboxylic acids is 2. The summed E-state index contributed by atoms with van der Waals surface area (Å²) < 4.78 is 11.0. The summed E-state index contributed by atoms with van der Waals surface area (Å²) in [4.78, 5) is 24.7. The van der Waals surface area contributed by atoms with Crippen LogP contribution >= 0.6 is 0 Å². The van der Waals surface area contributed by atoms with Crippen LogP contribution < -0.4 is 20.1 Å². The highest BCUT2D eigenvalue weighted by atomic mass is 16.5. The highest BCUT2D eigenvalue weighted by molar-refractivity contribution is 6.04. The number of hydrogen-bond acceptors (Lipinski definition) is 4. The molecular formula is C24H24N2O4. The van der Waals surface area contributed by atoms with Crippen LogP contribution in [0.1, 0.15) is 24.2 Å². The van der Waals surface area contributed by atoms with Gasteiger partial charge in [-0.25, -0.2) is 0 Å². The molecule has 3 aromatic carbocycles. The van der Waals surface area contributed by atoms with Crippen LogP contribution in [0.2, 0.25) is 0 Å². The maximum Gasteiger partial charge on any atom is 0.265 e. The average molecular weight is 404 g/mol. The van der Waals surface area contributed by atoms with Crippen molar-refractivity contribution >= 4 is 23.2 Å². The molecule has 3 aromatic rings. The quantitative estimate of drug-likeness (QED) is 0.568. The Morgan fingerprint density at radius 1 is 0.800 bits per heavy atom. The number of hydrogen-bond donors (Lipinski definition) is 2. The molecule has 6 heteroatoms. The number of rotatable bonds is 8. The fraction of sp³-hybridized carbons (Fsp3) is 0.167. The Labute approximate surface area is 175 Å². The fourth-order valence-electron chi connectivity index (χ4n) is 2.71. The molecule has 2 N–H and O–H groups in total. The van der Waals surface area contributed by atoms with Crippen molar-refractivity contribution in [3.05, 3.63) is 84.4 Å². The van der Waals surface area contributed by atoms with Crippen molar-refractivity contribution in [3.8, 4) is 11.5 Å². The molecule has 30 heavy (non-hydrogen) atoms. The standard InChI is InChI=1S/C24H24N2O4/c1-3-29-21-15-13-20(14-16-21)26-24(28)18-9-11-19(12-10-18)25-23(27)17(2)30-22-7-5-4-6-8-22/h4-17H,3H2,1-2H3,(H,25,27)(H,26,28). The summed E-state index contributed by atoms with van der Waals surface area (Å²) >= 11 is 0. The summed E-state index contributed by atoms with van der Waals surface area (Å²) in [6.45, 7) is 4.19. The number of ether oxygens (including phenoxy) is 2. The molecular weight excluding hydrogens is 380 g/mol. The molecule has 0 aliphatic rings. The molecule has 0 aliphatic carbocycles. The molecule has 0 radical (unpaired) electrons. The van der Waals surface area contributed by atoms with Crippen LogP contribution in [0.5, 0.6) is 11.5 Å². The van der Waals surface area contributed by atoms with E-state index >= 15 is 0 Å². The Kier molecular flexibility index (Phi) is 7.05. The van der Waals surface area contributed by atoms with Gasteiger partial charge in [-0.15, -0.1) is 0 Å². The van der Waals surface area contributed by atoms with Gasteiger partial charge in [0.1, 0.15) is 11.5 Å². The second-order valence-corrected chi connectivity index (χ2v) is 6.55. The van der Waals surface area contributed by atoms with Gasteiger partial charge in [-0.2, -0.15) is 0 Å². The Hall–Kier alpha value is -3.80. The number of benzene rings is 3. The summed E-state index contributed by atoms with van der Waals surface area (Å²) in [5.41, 5.74) is 1.74. The van der Waals surface area contributed by atoms with Gasteiger partial charge >= 0.3 is 0 Å². The number of carbonyl (C=O) groups is 2. The van der Waals surface area contributed by atoms with E-state index in [-0.39, 0.29) is 11.8 Å². The molecule has 0 bridgehead atoms. The zero-order valence-corrected chi connectivity index (χ0v) is 16.9. The van der Waals surface area contributed by atoms with Crippen LogP contribution in [0, 0.1) is 0 Å². The van der Waals surface area contributed by atoms with Crippen LogP contribution in [-0.2, 0) is 4.79 Å². The zero-order valence-electron chi connectivity index (χ0n) is 16.9. The number of para-hydroxylation sites is 1. The number of amides is 2. The molecule has 154 valence electrons. The molecule has 0 aliphatic heterocycles. The molecule has 2 amide bonds. The van der Waals surface area contributed by atoms with Crippen molar-refractivity contribution in [2.24, 2.45) is 0 Å². The van der Waals surface area contributed by atoms with Crippen molar-refractivity contribution in [1.82, 2.24) is 0 Å². The lowest BCUT2D eigenvalue weighted by Crippen LogP contribution is -2.30. The Morgan fingerprint density at radius 2 is 1.40 bits per heavy atom. The van der Waals surface area contributed by atoms with Gasteiger partial charge in [0.25, 0.3) is 11.8 Å². The van der Waals surface area contributed by atoms with Crippen LogP contribution in [-0.4, -0.2) is 24.5 Å². The van der Waals surface area contributed by atoms with Crippen LogP contribution in [0.3, 0.4) is 0 Å². The van der Waals surface area contributed by atoms with Gasteiger partial charge in [0, 0.05) is 16.9 Å². The minimum atomic E-state index is -0.657. The van der Waals surface area contributed by atoms with Crippen molar-refractivity contribution in [1.29, 1.82) is 0 Å².